The van der Waals surface area contributed by atoms with Gasteiger partial charge in [0.2, 0.25) is 11.9 Å². The van der Waals surface area contributed by atoms with Gasteiger partial charge in [0.25, 0.3) is 22.9 Å². The molecule has 2 unspecified atom stereocenters. The van der Waals surface area contributed by atoms with E-state index < -0.39 is 47.8 Å². The van der Waals surface area contributed by atoms with Crippen LogP contribution in [0.5, 0.6) is 0 Å². The third-order valence-corrected chi connectivity index (χ3v) is 10.5. The summed E-state index contributed by atoms with van der Waals surface area (Å²) < 4.78 is 0. The summed E-state index contributed by atoms with van der Waals surface area (Å²) >= 11 is 0. The Labute approximate surface area is 393 Å². The van der Waals surface area contributed by atoms with E-state index in [-0.39, 0.29) is 91.4 Å². The minimum Gasteiger partial charge on any atom is -0.481 e. The molecular weight excluding hydrogens is 934 g/mol. The number of carboxylic acid groups (broad SMARTS) is 4. The van der Waals surface area contributed by atoms with Gasteiger partial charge in [-0.15, -0.1) is 0 Å². The van der Waals surface area contributed by atoms with E-state index in [9.17, 15) is 48.6 Å². The number of fused-ring (bicyclic) bond motifs is 2. The third-order valence-electron chi connectivity index (χ3n) is 10.5. The van der Waals surface area contributed by atoms with Crippen molar-refractivity contribution in [1.29, 1.82) is 0 Å². The molecule has 4 aromatic rings. The Morgan fingerprint density at radius 2 is 0.985 bits per heavy atom. The number of nitrogen functional groups attached to an aromatic ring is 2. The number of carbonyl (C=O) groups is 6. The van der Waals surface area contributed by atoms with Crippen LogP contribution >= 0.6 is 0 Å². The van der Waals surface area contributed by atoms with Crippen LogP contribution in [-0.4, -0.2) is 140 Å². The van der Waals surface area contributed by atoms with Crippen LogP contribution in [0.25, 0.3) is 0 Å². The number of hydrogen-bond donors (Lipinski definition) is 14. The summed E-state index contributed by atoms with van der Waals surface area (Å²) in [4.78, 5) is 110. The molecule has 0 fully saturated rings. The Balaban J connectivity index is 0.000000288. The van der Waals surface area contributed by atoms with Crippen LogP contribution in [0, 0.1) is 0 Å². The van der Waals surface area contributed by atoms with Crippen LogP contribution in [0.3, 0.4) is 0 Å². The number of anilines is 8. The number of likely N-dealkylation sites (N-methyl/N-ethyl adjacent to an activating group) is 2. The molecule has 0 bridgehead atoms. The van der Waals surface area contributed by atoms with Crippen LogP contribution in [0.15, 0.2) is 58.1 Å². The monoisotopic (exact) mass is 982 g/mol. The molecule has 2 aromatic carbocycles. The first-order valence-corrected chi connectivity index (χ1v) is 20.2. The van der Waals surface area contributed by atoms with Crippen molar-refractivity contribution >= 4 is 82.0 Å². The van der Waals surface area contributed by atoms with Crippen LogP contribution in [0.4, 0.5) is 46.3 Å². The molecule has 2 amide bonds. The maximum absolute atomic E-state index is 12.3. The molecule has 0 saturated heterocycles. The number of amides is 2. The van der Waals surface area contributed by atoms with E-state index in [1.807, 2.05) is 9.80 Å². The van der Waals surface area contributed by atoms with E-state index in [1.54, 1.807) is 38.4 Å². The molecule has 67 heavy (non-hydrogen) atoms. The number of carbonyl (C=O) groups excluding carboxylic acids is 2. The molecule has 4 heterocycles. The molecule has 0 aliphatic carbocycles. The Morgan fingerprint density at radius 1 is 0.642 bits per heavy atom. The van der Waals surface area contributed by atoms with Crippen LogP contribution in [-0.2, 0) is 38.7 Å². The fourth-order valence-corrected chi connectivity index (χ4v) is 6.84. The molecule has 0 saturated carbocycles. The van der Waals surface area contributed by atoms with Crippen molar-refractivity contribution in [3.8, 4) is 0 Å². The Hall–Kier alpha value is -7.96. The van der Waals surface area contributed by atoms with Gasteiger partial charge in [0.05, 0.1) is 12.1 Å². The number of benzene rings is 2. The smallest absolute Gasteiger partial charge is 0.326 e. The number of aliphatic carboxylic acids is 4. The normalized spacial score (nSPS) is 15.4. The van der Waals surface area contributed by atoms with Gasteiger partial charge < -0.3 is 73.6 Å². The molecule has 0 radical (unpaired) electrons. The summed E-state index contributed by atoms with van der Waals surface area (Å²) in [7, 11) is 3.57. The molecule has 354 valence electrons. The maximum atomic E-state index is 12.3. The molecular formula is C40H50N14O12Zn. The average Bonchev–Trinajstić information content (AvgIpc) is 3.25. The van der Waals surface area contributed by atoms with Crippen molar-refractivity contribution in [2.45, 2.75) is 49.9 Å². The van der Waals surface area contributed by atoms with Crippen molar-refractivity contribution in [3.05, 3.63) is 80.4 Å². The van der Waals surface area contributed by atoms with Gasteiger partial charge in [0, 0.05) is 95.1 Å². The number of hydrogen-bond acceptors (Lipinski definition) is 18. The third kappa shape index (κ3) is 14.0. The van der Waals surface area contributed by atoms with Gasteiger partial charge in [-0.25, -0.2) is 9.59 Å². The Kier molecular flexibility index (Phi) is 18.0. The maximum Gasteiger partial charge on any atom is 0.326 e. The first-order chi connectivity index (χ1) is 31.3. The molecule has 2 aliphatic rings. The molecule has 26 nitrogen and oxygen atoms in total. The SMILES string of the molecule is CN1c2c(nc(N)[nH]c2=O)NCC1CNc1ccc(C(=O)N[C@@H](CCC(=O)O)C(=O)O)cc1.CN1c2c(nc(N)[nH]c2=O)NCC1CNc1ccc(C(=O)N[C@@H](CCC(=O)O)C(=O)O)cc1.[Zn]. The number of carboxylic acids is 4. The number of nitrogens with zero attached hydrogens (tertiary/aromatic N) is 4. The molecule has 2 aromatic heterocycles. The minimum absolute atomic E-state index is 0. The Morgan fingerprint density at radius 3 is 1.30 bits per heavy atom. The predicted molar refractivity (Wildman–Crippen MR) is 241 cm³/mol. The minimum atomic E-state index is -1.30. The number of nitrogens with two attached hydrogens (primary N) is 2. The van der Waals surface area contributed by atoms with Crippen molar-refractivity contribution in [3.63, 3.8) is 0 Å². The topological polar surface area (TPSA) is 406 Å². The second-order valence-corrected chi connectivity index (χ2v) is 15.1. The summed E-state index contributed by atoms with van der Waals surface area (Å²) in [6.07, 6.45) is -1.17. The van der Waals surface area contributed by atoms with Crippen molar-refractivity contribution in [2.24, 2.45) is 0 Å². The predicted octanol–water partition coefficient (Wildman–Crippen LogP) is -0.518. The van der Waals surface area contributed by atoms with Gasteiger partial charge in [0.15, 0.2) is 11.6 Å². The first-order valence-electron chi connectivity index (χ1n) is 20.2. The standard InChI is InChI=1S/2C20H25N7O6.Zn/c2*1-27-12(9-23-16-15(27)18(31)26-20(21)25-16)8-22-11-4-2-10(3-5-11)17(30)24-13(19(32)33)6-7-14(28)29;/h2*2-5,12-13,22H,6-9H2,1H3,(H,24,30)(H,28,29)(H,32,33)(H4,21,23,25,26,31);/t2*12?,13-;/m00./s1. The summed E-state index contributed by atoms with van der Waals surface area (Å²) in [5.74, 6) is -5.18. The van der Waals surface area contributed by atoms with Crippen LogP contribution in [0.1, 0.15) is 46.4 Å². The largest absolute Gasteiger partial charge is 0.481 e. The summed E-state index contributed by atoms with van der Waals surface area (Å²) in [5.41, 5.74) is 13.2. The molecule has 4 atom stereocenters. The second-order valence-electron chi connectivity index (χ2n) is 15.1. The molecule has 6 rings (SSSR count). The van der Waals surface area contributed by atoms with E-state index >= 15 is 0 Å². The summed E-state index contributed by atoms with van der Waals surface area (Å²) in [6.45, 7) is 2.02. The van der Waals surface area contributed by atoms with Gasteiger partial charge in [-0.1, -0.05) is 0 Å². The van der Waals surface area contributed by atoms with E-state index in [0.717, 1.165) is 11.4 Å². The van der Waals surface area contributed by atoms with Gasteiger partial charge >= 0.3 is 23.9 Å². The molecule has 16 N–H and O–H groups in total. The fraction of sp³-hybridized carbons (Fsp3) is 0.350. The van der Waals surface area contributed by atoms with Crippen molar-refractivity contribution in [1.82, 2.24) is 30.6 Å². The van der Waals surface area contributed by atoms with E-state index in [0.29, 0.717) is 49.2 Å². The van der Waals surface area contributed by atoms with Gasteiger partial charge in [0.1, 0.15) is 23.5 Å². The van der Waals surface area contributed by atoms with Gasteiger partial charge in [-0.2, -0.15) is 9.97 Å². The number of H-pyrrole nitrogens is 2. The zero-order valence-corrected chi connectivity index (χ0v) is 39.3. The average molecular weight is 984 g/mol. The number of nitrogens with one attached hydrogen (secondary N) is 8. The number of aromatic nitrogens is 4. The molecule has 27 heteroatoms. The molecule has 0 spiro atoms. The number of aromatic amines is 2. The van der Waals surface area contributed by atoms with E-state index in [1.165, 1.54) is 24.3 Å². The van der Waals surface area contributed by atoms with Crippen molar-refractivity contribution < 1.29 is 68.7 Å². The van der Waals surface area contributed by atoms with Crippen LogP contribution < -0.4 is 64.3 Å². The number of rotatable bonds is 18. The summed E-state index contributed by atoms with van der Waals surface area (Å²) in [6, 6.07) is 10.1. The van der Waals surface area contributed by atoms with E-state index in [2.05, 4.69) is 51.8 Å². The van der Waals surface area contributed by atoms with Gasteiger partial charge in [-0.05, 0) is 61.4 Å². The van der Waals surface area contributed by atoms with Crippen LogP contribution in [0.2, 0.25) is 0 Å². The van der Waals surface area contributed by atoms with Gasteiger partial charge in [-0.3, -0.25) is 38.7 Å². The fourth-order valence-electron chi connectivity index (χ4n) is 6.84. The summed E-state index contributed by atoms with van der Waals surface area (Å²) in [5, 5.41) is 53.1. The quantitative estimate of drug-likeness (QED) is 0.0558. The molecule has 2 aliphatic heterocycles. The second kappa shape index (κ2) is 23.3. The zero-order valence-electron chi connectivity index (χ0n) is 36.3. The first kappa shape index (κ1) is 51.7. The van der Waals surface area contributed by atoms with E-state index in [4.69, 9.17) is 21.7 Å². The van der Waals surface area contributed by atoms with Crippen molar-refractivity contribution in [2.75, 3.05) is 82.8 Å². The Bertz CT molecular complexity index is 2380. The zero-order chi connectivity index (χ0) is 48.2.